The third-order valence-electron chi connectivity index (χ3n) is 4.91. The van der Waals surface area contributed by atoms with Crippen molar-refractivity contribution in [3.8, 4) is 0 Å². The van der Waals surface area contributed by atoms with Crippen molar-refractivity contribution in [2.75, 3.05) is 25.5 Å². The molecule has 0 unspecified atom stereocenters. The van der Waals surface area contributed by atoms with Crippen molar-refractivity contribution in [3.05, 3.63) is 18.3 Å². The highest BCUT2D eigenvalue weighted by atomic mass is 32.2. The van der Waals surface area contributed by atoms with Gasteiger partial charge in [-0.1, -0.05) is 26.7 Å². The summed E-state index contributed by atoms with van der Waals surface area (Å²) in [6.45, 7) is 5.57. The maximum absolute atomic E-state index is 12.8. The van der Waals surface area contributed by atoms with Gasteiger partial charge in [-0.05, 0) is 30.4 Å². The van der Waals surface area contributed by atoms with Gasteiger partial charge in [-0.2, -0.15) is 4.31 Å². The molecule has 0 radical (unpaired) electrons. The molecular formula is C15H25N3O2S. The van der Waals surface area contributed by atoms with Crippen LogP contribution >= 0.6 is 0 Å². The molecule has 0 spiro atoms. The molecule has 1 fully saturated rings. The van der Waals surface area contributed by atoms with Gasteiger partial charge in [-0.25, -0.2) is 13.4 Å². The van der Waals surface area contributed by atoms with Crippen molar-refractivity contribution in [1.82, 2.24) is 9.29 Å². The van der Waals surface area contributed by atoms with Gasteiger partial charge >= 0.3 is 0 Å². The maximum atomic E-state index is 12.8. The second-order valence-electron chi connectivity index (χ2n) is 5.72. The summed E-state index contributed by atoms with van der Waals surface area (Å²) in [5.74, 6) is 0. The average Bonchev–Trinajstić information content (AvgIpc) is 2.54. The Morgan fingerprint density at radius 1 is 1.29 bits per heavy atom. The third kappa shape index (κ3) is 3.06. The quantitative estimate of drug-likeness (QED) is 0.908. The molecule has 0 aliphatic carbocycles. The average molecular weight is 311 g/mol. The number of hydrogen-bond acceptors (Lipinski definition) is 4. The first-order valence-corrected chi connectivity index (χ1v) is 9.06. The molecule has 118 valence electrons. The Hall–Kier alpha value is -1.14. The number of pyridine rings is 1. The lowest BCUT2D eigenvalue weighted by molar-refractivity contribution is 0.141. The van der Waals surface area contributed by atoms with Crippen LogP contribution in [0.1, 0.15) is 39.5 Å². The molecular weight excluding hydrogens is 286 g/mol. The molecule has 1 aliphatic rings. The van der Waals surface area contributed by atoms with Crippen LogP contribution in [-0.2, 0) is 10.0 Å². The van der Waals surface area contributed by atoms with Crippen LogP contribution in [0, 0.1) is 5.41 Å². The van der Waals surface area contributed by atoms with E-state index in [1.54, 1.807) is 23.5 Å². The van der Waals surface area contributed by atoms with Gasteiger partial charge in [0.1, 0.15) is 0 Å². The number of nitrogens with one attached hydrogen (secondary N) is 1. The Morgan fingerprint density at radius 3 is 2.43 bits per heavy atom. The lowest BCUT2D eigenvalue weighted by Crippen LogP contribution is -2.43. The summed E-state index contributed by atoms with van der Waals surface area (Å²) in [6, 6.07) is 3.48. The van der Waals surface area contributed by atoms with E-state index in [2.05, 4.69) is 24.1 Å². The summed E-state index contributed by atoms with van der Waals surface area (Å²) in [7, 11) is -1.80. The molecule has 6 heteroatoms. The molecule has 0 atom stereocenters. The van der Waals surface area contributed by atoms with Crippen molar-refractivity contribution >= 4 is 15.7 Å². The Kier molecular flexibility index (Phi) is 4.88. The highest BCUT2D eigenvalue weighted by molar-refractivity contribution is 7.89. The van der Waals surface area contributed by atoms with Crippen LogP contribution in [0.5, 0.6) is 0 Å². The van der Waals surface area contributed by atoms with E-state index in [-0.39, 0.29) is 5.03 Å². The fourth-order valence-corrected chi connectivity index (χ4v) is 4.62. The topological polar surface area (TPSA) is 62.3 Å². The standard InChI is InChI=1S/C15H25N3O2S/c1-4-15(5-2)8-11-18(12-9-15)21(19,20)14-13(16-3)7-6-10-17-14/h6-7,10,16H,4-5,8-9,11-12H2,1-3H3. The highest BCUT2D eigenvalue weighted by Crippen LogP contribution is 2.39. The molecule has 1 saturated heterocycles. The lowest BCUT2D eigenvalue weighted by Gasteiger charge is -2.40. The SMILES string of the molecule is CCC1(CC)CCN(S(=O)(=O)c2ncccc2NC)CC1. The minimum absolute atomic E-state index is 0.132. The second-order valence-corrected chi connectivity index (χ2v) is 7.57. The first kappa shape index (κ1) is 16.2. The lowest BCUT2D eigenvalue weighted by atomic mass is 9.75. The summed E-state index contributed by atoms with van der Waals surface area (Å²) >= 11 is 0. The Bertz CT molecular complexity index is 572. The minimum Gasteiger partial charge on any atom is -0.386 e. The maximum Gasteiger partial charge on any atom is 0.262 e. The van der Waals surface area contributed by atoms with E-state index in [9.17, 15) is 8.42 Å². The molecule has 0 bridgehead atoms. The number of anilines is 1. The van der Waals surface area contributed by atoms with E-state index >= 15 is 0 Å². The van der Waals surface area contributed by atoms with Gasteiger partial charge in [-0.3, -0.25) is 0 Å². The van der Waals surface area contributed by atoms with Crippen molar-refractivity contribution in [3.63, 3.8) is 0 Å². The van der Waals surface area contributed by atoms with Gasteiger partial charge in [-0.15, -0.1) is 0 Å². The number of nitrogens with zero attached hydrogens (tertiary/aromatic N) is 2. The third-order valence-corrected chi connectivity index (χ3v) is 6.77. The van der Waals surface area contributed by atoms with Crippen LogP contribution in [-0.4, -0.2) is 37.8 Å². The summed E-state index contributed by atoms with van der Waals surface area (Å²) in [6.07, 6.45) is 5.62. The van der Waals surface area contributed by atoms with Gasteiger partial charge in [0, 0.05) is 26.3 Å². The van der Waals surface area contributed by atoms with E-state index < -0.39 is 10.0 Å². The zero-order chi connectivity index (χ0) is 15.5. The fourth-order valence-electron chi connectivity index (χ4n) is 3.07. The van der Waals surface area contributed by atoms with E-state index in [4.69, 9.17) is 0 Å². The predicted octanol–water partition coefficient (Wildman–Crippen LogP) is 2.71. The first-order valence-electron chi connectivity index (χ1n) is 7.62. The number of sulfonamides is 1. The van der Waals surface area contributed by atoms with E-state index in [0.29, 0.717) is 24.2 Å². The zero-order valence-corrected chi connectivity index (χ0v) is 13.9. The zero-order valence-electron chi connectivity index (χ0n) is 13.1. The molecule has 5 nitrogen and oxygen atoms in total. The van der Waals surface area contributed by atoms with Crippen LogP contribution in [0.2, 0.25) is 0 Å². The van der Waals surface area contributed by atoms with E-state index in [1.165, 1.54) is 6.20 Å². The van der Waals surface area contributed by atoms with Crippen LogP contribution in [0.3, 0.4) is 0 Å². The molecule has 0 saturated carbocycles. The predicted molar refractivity (Wildman–Crippen MR) is 84.8 cm³/mol. The fraction of sp³-hybridized carbons (Fsp3) is 0.667. The van der Waals surface area contributed by atoms with E-state index in [0.717, 1.165) is 25.7 Å². The van der Waals surface area contributed by atoms with Gasteiger partial charge in [0.25, 0.3) is 10.0 Å². The Morgan fingerprint density at radius 2 is 1.90 bits per heavy atom. The smallest absolute Gasteiger partial charge is 0.262 e. The van der Waals surface area contributed by atoms with Crippen LogP contribution in [0.4, 0.5) is 5.69 Å². The van der Waals surface area contributed by atoms with Crippen molar-refractivity contribution in [1.29, 1.82) is 0 Å². The molecule has 0 amide bonds. The van der Waals surface area contributed by atoms with Gasteiger partial charge in [0.15, 0.2) is 5.03 Å². The van der Waals surface area contributed by atoms with Crippen LogP contribution in [0.15, 0.2) is 23.4 Å². The minimum atomic E-state index is -3.51. The molecule has 1 aromatic rings. The first-order chi connectivity index (χ1) is 9.99. The summed E-state index contributed by atoms with van der Waals surface area (Å²) in [5, 5.41) is 3.04. The molecule has 0 aromatic carbocycles. The second kappa shape index (κ2) is 6.32. The summed E-state index contributed by atoms with van der Waals surface area (Å²) in [4.78, 5) is 4.08. The van der Waals surface area contributed by atoms with Gasteiger partial charge in [0.2, 0.25) is 0 Å². The van der Waals surface area contributed by atoms with Crippen molar-refractivity contribution in [2.45, 2.75) is 44.6 Å². The van der Waals surface area contributed by atoms with Gasteiger partial charge < -0.3 is 5.32 Å². The monoisotopic (exact) mass is 311 g/mol. The number of piperidine rings is 1. The number of aromatic nitrogens is 1. The van der Waals surface area contributed by atoms with Gasteiger partial charge in [0.05, 0.1) is 5.69 Å². The van der Waals surface area contributed by atoms with Crippen molar-refractivity contribution in [2.24, 2.45) is 5.41 Å². The molecule has 2 rings (SSSR count). The summed E-state index contributed by atoms with van der Waals surface area (Å²) in [5.41, 5.74) is 0.863. The Balaban J connectivity index is 2.23. The van der Waals surface area contributed by atoms with Crippen LogP contribution < -0.4 is 5.32 Å². The molecule has 1 aromatic heterocycles. The number of hydrogen-bond donors (Lipinski definition) is 1. The molecule has 21 heavy (non-hydrogen) atoms. The highest BCUT2D eigenvalue weighted by Gasteiger charge is 2.37. The van der Waals surface area contributed by atoms with Crippen LogP contribution in [0.25, 0.3) is 0 Å². The largest absolute Gasteiger partial charge is 0.386 e. The molecule has 2 heterocycles. The number of rotatable bonds is 5. The molecule has 1 aliphatic heterocycles. The Labute approximate surface area is 127 Å². The van der Waals surface area contributed by atoms with Crippen molar-refractivity contribution < 1.29 is 8.42 Å². The summed E-state index contributed by atoms with van der Waals surface area (Å²) < 4.78 is 27.1. The normalized spacial score (nSPS) is 19.4. The molecule has 1 N–H and O–H groups in total. The van der Waals surface area contributed by atoms with E-state index in [1.807, 2.05) is 0 Å².